The van der Waals surface area contributed by atoms with Crippen LogP contribution in [0, 0.1) is 5.92 Å². The Bertz CT molecular complexity index is 1160. The minimum absolute atomic E-state index is 0.220. The Morgan fingerprint density at radius 3 is 2.40 bits per heavy atom. The first-order valence-electron chi connectivity index (χ1n) is 10.3. The fourth-order valence-corrected chi connectivity index (χ4v) is 4.42. The van der Waals surface area contributed by atoms with Gasteiger partial charge in [0.05, 0.1) is 11.4 Å². The Kier molecular flexibility index (Phi) is 5.90. The van der Waals surface area contributed by atoms with Crippen LogP contribution in [0.15, 0.2) is 47.3 Å². The number of aliphatic carboxylic acids is 1. The third-order valence-corrected chi connectivity index (χ3v) is 6.25. The van der Waals surface area contributed by atoms with Crippen molar-refractivity contribution in [1.82, 2.24) is 4.57 Å². The molecule has 1 aliphatic rings. The molecule has 156 valence electrons. The summed E-state index contributed by atoms with van der Waals surface area (Å²) in [4.78, 5) is 26.0. The standard InChI is InChI=1S/C24H23Cl2NO3/c1-2-3-18(24(29)30)22-21(15-6-8-16(25)9-7-15)19-12-17(26)10-11-20(19)27(23(22)28)13-14-4-5-14/h6-12,14,18H,2-5,13H2,1H3,(H,29,30). The number of hydrogen-bond donors (Lipinski definition) is 1. The summed E-state index contributed by atoms with van der Waals surface area (Å²) in [7, 11) is 0. The molecule has 2 aromatic carbocycles. The summed E-state index contributed by atoms with van der Waals surface area (Å²) in [6.07, 6.45) is 3.23. The lowest BCUT2D eigenvalue weighted by molar-refractivity contribution is -0.139. The van der Waals surface area contributed by atoms with E-state index in [1.807, 2.05) is 31.2 Å². The molecular weight excluding hydrogens is 421 g/mol. The molecule has 3 aromatic rings. The van der Waals surface area contributed by atoms with Crippen LogP contribution < -0.4 is 5.56 Å². The average Bonchev–Trinajstić information content (AvgIpc) is 3.53. The molecule has 4 nitrogen and oxygen atoms in total. The molecule has 1 atom stereocenters. The van der Waals surface area contributed by atoms with Crippen molar-refractivity contribution in [3.8, 4) is 11.1 Å². The highest BCUT2D eigenvalue weighted by molar-refractivity contribution is 6.31. The van der Waals surface area contributed by atoms with Gasteiger partial charge in [0.15, 0.2) is 0 Å². The monoisotopic (exact) mass is 443 g/mol. The fraction of sp³-hybridized carbons (Fsp3) is 0.333. The van der Waals surface area contributed by atoms with Crippen molar-refractivity contribution in [2.75, 3.05) is 0 Å². The first-order chi connectivity index (χ1) is 14.4. The van der Waals surface area contributed by atoms with E-state index in [0.717, 1.165) is 29.3 Å². The van der Waals surface area contributed by atoms with Gasteiger partial charge in [0.2, 0.25) is 0 Å². The Balaban J connectivity index is 2.12. The van der Waals surface area contributed by atoms with Gasteiger partial charge in [0, 0.05) is 33.1 Å². The van der Waals surface area contributed by atoms with Crippen molar-refractivity contribution < 1.29 is 9.90 Å². The summed E-state index contributed by atoms with van der Waals surface area (Å²) in [6, 6.07) is 12.6. The number of carbonyl (C=O) groups is 1. The van der Waals surface area contributed by atoms with E-state index in [1.54, 1.807) is 22.8 Å². The molecule has 0 bridgehead atoms. The topological polar surface area (TPSA) is 59.3 Å². The average molecular weight is 444 g/mol. The largest absolute Gasteiger partial charge is 0.481 e. The lowest BCUT2D eigenvalue weighted by atomic mass is 9.86. The summed E-state index contributed by atoms with van der Waals surface area (Å²) < 4.78 is 1.75. The van der Waals surface area contributed by atoms with Crippen LogP contribution in [0.4, 0.5) is 0 Å². The van der Waals surface area contributed by atoms with Crippen LogP contribution in [0.25, 0.3) is 22.0 Å². The summed E-state index contributed by atoms with van der Waals surface area (Å²) in [5.74, 6) is -1.41. The van der Waals surface area contributed by atoms with Gasteiger partial charge >= 0.3 is 5.97 Å². The van der Waals surface area contributed by atoms with Gasteiger partial charge in [-0.3, -0.25) is 9.59 Å². The van der Waals surface area contributed by atoms with E-state index < -0.39 is 11.9 Å². The number of carboxylic acid groups (broad SMARTS) is 1. The van der Waals surface area contributed by atoms with Crippen molar-refractivity contribution in [2.24, 2.45) is 5.92 Å². The minimum Gasteiger partial charge on any atom is -0.481 e. The van der Waals surface area contributed by atoms with E-state index in [4.69, 9.17) is 23.2 Å². The lowest BCUT2D eigenvalue weighted by Crippen LogP contribution is -2.30. The van der Waals surface area contributed by atoms with Crippen LogP contribution in [0.3, 0.4) is 0 Å². The van der Waals surface area contributed by atoms with E-state index in [1.165, 1.54) is 0 Å². The number of benzene rings is 2. The van der Waals surface area contributed by atoms with Gasteiger partial charge in [-0.15, -0.1) is 0 Å². The van der Waals surface area contributed by atoms with Crippen LogP contribution in [0.5, 0.6) is 0 Å². The lowest BCUT2D eigenvalue weighted by Gasteiger charge is -2.22. The second-order valence-corrected chi connectivity index (χ2v) is 8.87. The molecule has 1 aliphatic carbocycles. The number of rotatable bonds is 7. The van der Waals surface area contributed by atoms with Crippen molar-refractivity contribution >= 4 is 40.1 Å². The normalized spacial score (nSPS) is 14.8. The second-order valence-electron chi connectivity index (χ2n) is 8.00. The molecule has 4 rings (SSSR count). The third-order valence-electron chi connectivity index (χ3n) is 5.76. The molecule has 0 saturated heterocycles. The summed E-state index contributed by atoms with van der Waals surface area (Å²) in [5.41, 5.74) is 2.30. The molecule has 0 radical (unpaired) electrons. The molecule has 0 amide bonds. The van der Waals surface area contributed by atoms with Crippen LogP contribution in [0.1, 0.15) is 44.1 Å². The predicted octanol–water partition coefficient (Wildman–Crippen LogP) is 6.35. The molecule has 1 aromatic heterocycles. The number of fused-ring (bicyclic) bond motifs is 1. The molecule has 0 aliphatic heterocycles. The van der Waals surface area contributed by atoms with E-state index >= 15 is 0 Å². The van der Waals surface area contributed by atoms with Crippen molar-refractivity contribution in [3.05, 3.63) is 68.4 Å². The molecule has 1 N–H and O–H groups in total. The summed E-state index contributed by atoms with van der Waals surface area (Å²) in [5, 5.41) is 11.9. The first-order valence-corrected chi connectivity index (χ1v) is 11.0. The molecule has 0 spiro atoms. The zero-order valence-corrected chi connectivity index (χ0v) is 18.2. The predicted molar refractivity (Wildman–Crippen MR) is 122 cm³/mol. The van der Waals surface area contributed by atoms with Gasteiger partial charge in [0.1, 0.15) is 0 Å². The zero-order valence-electron chi connectivity index (χ0n) is 16.7. The van der Waals surface area contributed by atoms with Crippen molar-refractivity contribution in [2.45, 2.75) is 45.1 Å². The van der Waals surface area contributed by atoms with Crippen LogP contribution in [0.2, 0.25) is 10.0 Å². The van der Waals surface area contributed by atoms with Gasteiger partial charge < -0.3 is 9.67 Å². The van der Waals surface area contributed by atoms with E-state index in [0.29, 0.717) is 46.5 Å². The number of carboxylic acids is 1. The van der Waals surface area contributed by atoms with E-state index in [-0.39, 0.29) is 5.56 Å². The molecule has 1 fully saturated rings. The van der Waals surface area contributed by atoms with Crippen molar-refractivity contribution in [1.29, 1.82) is 0 Å². The van der Waals surface area contributed by atoms with Gasteiger partial charge in [-0.1, -0.05) is 48.7 Å². The maximum atomic E-state index is 13.8. The zero-order chi connectivity index (χ0) is 21.4. The summed E-state index contributed by atoms with van der Waals surface area (Å²) in [6.45, 7) is 2.53. The van der Waals surface area contributed by atoms with Gasteiger partial charge in [-0.25, -0.2) is 0 Å². The Labute approximate surface area is 185 Å². The SMILES string of the molecule is CCCC(C(=O)O)c1c(-c2ccc(Cl)cc2)c2cc(Cl)ccc2n(CC2CC2)c1=O. The number of pyridine rings is 1. The minimum atomic E-state index is -0.983. The fourth-order valence-electron chi connectivity index (χ4n) is 4.12. The molecule has 1 saturated carbocycles. The molecule has 6 heteroatoms. The Hall–Kier alpha value is -2.30. The third kappa shape index (κ3) is 3.99. The van der Waals surface area contributed by atoms with E-state index in [9.17, 15) is 14.7 Å². The van der Waals surface area contributed by atoms with Crippen LogP contribution in [-0.4, -0.2) is 15.6 Å². The maximum Gasteiger partial charge on any atom is 0.311 e. The molecule has 30 heavy (non-hydrogen) atoms. The van der Waals surface area contributed by atoms with Gasteiger partial charge in [-0.2, -0.15) is 0 Å². The maximum absolute atomic E-state index is 13.8. The van der Waals surface area contributed by atoms with Gasteiger partial charge in [-0.05, 0) is 61.1 Å². The number of nitrogens with zero attached hydrogens (tertiary/aromatic N) is 1. The number of hydrogen-bond acceptors (Lipinski definition) is 2. The van der Waals surface area contributed by atoms with E-state index in [2.05, 4.69) is 0 Å². The summed E-state index contributed by atoms with van der Waals surface area (Å²) >= 11 is 12.4. The Morgan fingerprint density at radius 2 is 1.80 bits per heavy atom. The highest BCUT2D eigenvalue weighted by Gasteiger charge is 2.31. The first kappa shape index (κ1) is 21.0. The molecular formula is C24H23Cl2NO3. The smallest absolute Gasteiger partial charge is 0.311 e. The van der Waals surface area contributed by atoms with Crippen LogP contribution in [-0.2, 0) is 11.3 Å². The Morgan fingerprint density at radius 1 is 1.13 bits per heavy atom. The van der Waals surface area contributed by atoms with Crippen molar-refractivity contribution in [3.63, 3.8) is 0 Å². The van der Waals surface area contributed by atoms with Gasteiger partial charge in [0.25, 0.3) is 5.56 Å². The highest BCUT2D eigenvalue weighted by Crippen LogP contribution is 2.38. The van der Waals surface area contributed by atoms with Crippen LogP contribution >= 0.6 is 23.2 Å². The highest BCUT2D eigenvalue weighted by atomic mass is 35.5. The quantitative estimate of drug-likeness (QED) is 0.462. The molecule has 1 unspecified atom stereocenters. The molecule has 1 heterocycles. The second kappa shape index (κ2) is 8.44. The number of halogens is 2. The number of aromatic nitrogens is 1.